The lowest BCUT2D eigenvalue weighted by Gasteiger charge is -2.35. The molecule has 0 bridgehead atoms. The third-order valence-corrected chi connectivity index (χ3v) is 3.69. The SMILES string of the molecule is CCCNc1ncc(C)c(N2CCN(CCC)CC2)n1. The van der Waals surface area contributed by atoms with Crippen LogP contribution in [0.4, 0.5) is 11.8 Å². The number of hydrogen-bond donors (Lipinski definition) is 1. The van der Waals surface area contributed by atoms with E-state index in [1.54, 1.807) is 0 Å². The molecule has 112 valence electrons. The number of anilines is 2. The number of rotatable bonds is 6. The summed E-state index contributed by atoms with van der Waals surface area (Å²) in [6, 6.07) is 0. The Hall–Kier alpha value is -1.36. The molecule has 20 heavy (non-hydrogen) atoms. The predicted octanol–water partition coefficient (Wildman–Crippen LogP) is 2.14. The third kappa shape index (κ3) is 3.82. The molecule has 0 unspecified atom stereocenters. The maximum atomic E-state index is 4.69. The van der Waals surface area contributed by atoms with E-state index >= 15 is 0 Å². The summed E-state index contributed by atoms with van der Waals surface area (Å²) in [5, 5.41) is 3.27. The molecule has 5 nitrogen and oxygen atoms in total. The van der Waals surface area contributed by atoms with Crippen molar-refractivity contribution in [1.29, 1.82) is 0 Å². The van der Waals surface area contributed by atoms with Gasteiger partial charge in [-0.2, -0.15) is 4.98 Å². The van der Waals surface area contributed by atoms with Crippen LogP contribution in [0.1, 0.15) is 32.3 Å². The molecule has 0 aliphatic carbocycles. The Kier molecular flexibility index (Phi) is 5.59. The molecular weight excluding hydrogens is 250 g/mol. The molecule has 2 rings (SSSR count). The Morgan fingerprint density at radius 1 is 1.15 bits per heavy atom. The first-order chi connectivity index (χ1) is 9.74. The number of nitrogens with one attached hydrogen (secondary N) is 1. The van der Waals surface area contributed by atoms with Crippen molar-refractivity contribution in [1.82, 2.24) is 14.9 Å². The second-order valence-electron chi connectivity index (χ2n) is 5.46. The first-order valence-corrected chi connectivity index (χ1v) is 7.79. The van der Waals surface area contributed by atoms with E-state index in [0.717, 1.165) is 56.5 Å². The van der Waals surface area contributed by atoms with Crippen LogP contribution in [0.3, 0.4) is 0 Å². The van der Waals surface area contributed by atoms with Gasteiger partial charge in [-0.25, -0.2) is 4.98 Å². The van der Waals surface area contributed by atoms with Crippen LogP contribution in [-0.4, -0.2) is 54.1 Å². The lowest BCUT2D eigenvalue weighted by atomic mass is 10.2. The van der Waals surface area contributed by atoms with Gasteiger partial charge in [-0.15, -0.1) is 0 Å². The monoisotopic (exact) mass is 277 g/mol. The van der Waals surface area contributed by atoms with Crippen LogP contribution < -0.4 is 10.2 Å². The Bertz CT molecular complexity index is 413. The molecule has 0 amide bonds. The van der Waals surface area contributed by atoms with E-state index < -0.39 is 0 Å². The van der Waals surface area contributed by atoms with Gasteiger partial charge in [0.25, 0.3) is 0 Å². The molecule has 0 atom stereocenters. The standard InChI is InChI=1S/C15H27N5/c1-4-6-16-15-17-12-13(3)14(18-15)20-10-8-19(7-5-2)9-11-20/h12H,4-11H2,1-3H3,(H,16,17,18). The van der Waals surface area contributed by atoms with Gasteiger partial charge in [-0.3, -0.25) is 4.90 Å². The van der Waals surface area contributed by atoms with Crippen LogP contribution in [0, 0.1) is 6.92 Å². The molecule has 0 saturated carbocycles. The fourth-order valence-electron chi connectivity index (χ4n) is 2.57. The van der Waals surface area contributed by atoms with Crippen LogP contribution in [0.25, 0.3) is 0 Å². The van der Waals surface area contributed by atoms with Crippen molar-refractivity contribution in [2.75, 3.05) is 49.5 Å². The molecule has 5 heteroatoms. The lowest BCUT2D eigenvalue weighted by Crippen LogP contribution is -2.47. The Morgan fingerprint density at radius 2 is 1.90 bits per heavy atom. The summed E-state index contributed by atoms with van der Waals surface area (Å²) in [7, 11) is 0. The maximum absolute atomic E-state index is 4.69. The van der Waals surface area contributed by atoms with Crippen molar-refractivity contribution >= 4 is 11.8 Å². The van der Waals surface area contributed by atoms with Gasteiger partial charge in [-0.1, -0.05) is 13.8 Å². The minimum Gasteiger partial charge on any atom is -0.354 e. The Morgan fingerprint density at radius 3 is 2.55 bits per heavy atom. The molecule has 1 saturated heterocycles. The topological polar surface area (TPSA) is 44.3 Å². The molecule has 0 radical (unpaired) electrons. The van der Waals surface area contributed by atoms with Crippen LogP contribution in [0.5, 0.6) is 0 Å². The first kappa shape index (κ1) is 15.0. The van der Waals surface area contributed by atoms with Crippen LogP contribution in [-0.2, 0) is 0 Å². The van der Waals surface area contributed by atoms with Crippen molar-refractivity contribution < 1.29 is 0 Å². The van der Waals surface area contributed by atoms with Gasteiger partial charge >= 0.3 is 0 Å². The van der Waals surface area contributed by atoms with Crippen LogP contribution >= 0.6 is 0 Å². The van der Waals surface area contributed by atoms with E-state index in [0.29, 0.717) is 0 Å². The van der Waals surface area contributed by atoms with E-state index in [1.165, 1.54) is 13.0 Å². The van der Waals surface area contributed by atoms with Crippen molar-refractivity contribution in [3.63, 3.8) is 0 Å². The molecular formula is C15H27N5. The number of nitrogens with zero attached hydrogens (tertiary/aromatic N) is 4. The second-order valence-corrected chi connectivity index (χ2v) is 5.46. The number of aryl methyl sites for hydroxylation is 1. The van der Waals surface area contributed by atoms with E-state index in [9.17, 15) is 0 Å². The van der Waals surface area contributed by atoms with Crippen molar-refractivity contribution in [3.8, 4) is 0 Å². The fourth-order valence-corrected chi connectivity index (χ4v) is 2.57. The van der Waals surface area contributed by atoms with Gasteiger partial charge in [-0.05, 0) is 26.3 Å². The highest BCUT2D eigenvalue weighted by Gasteiger charge is 2.19. The summed E-state index contributed by atoms with van der Waals surface area (Å²) >= 11 is 0. The number of piperazine rings is 1. The summed E-state index contributed by atoms with van der Waals surface area (Å²) in [5.41, 5.74) is 1.16. The summed E-state index contributed by atoms with van der Waals surface area (Å²) < 4.78 is 0. The highest BCUT2D eigenvalue weighted by molar-refractivity contribution is 5.49. The number of aromatic nitrogens is 2. The molecule has 1 aromatic heterocycles. The zero-order chi connectivity index (χ0) is 14.4. The molecule has 1 N–H and O–H groups in total. The average Bonchev–Trinajstić information content (AvgIpc) is 2.48. The highest BCUT2D eigenvalue weighted by atomic mass is 15.3. The van der Waals surface area contributed by atoms with Gasteiger partial charge in [0, 0.05) is 44.5 Å². The average molecular weight is 277 g/mol. The highest BCUT2D eigenvalue weighted by Crippen LogP contribution is 2.19. The van der Waals surface area contributed by atoms with E-state index in [1.807, 2.05) is 6.20 Å². The van der Waals surface area contributed by atoms with E-state index in [2.05, 4.69) is 45.9 Å². The van der Waals surface area contributed by atoms with E-state index in [4.69, 9.17) is 0 Å². The summed E-state index contributed by atoms with van der Waals surface area (Å²) in [4.78, 5) is 14.0. The predicted molar refractivity (Wildman–Crippen MR) is 84.5 cm³/mol. The normalized spacial score (nSPS) is 16.4. The minimum atomic E-state index is 0.753. The second kappa shape index (κ2) is 7.43. The van der Waals surface area contributed by atoms with Gasteiger partial charge in [0.1, 0.15) is 5.82 Å². The Balaban J connectivity index is 2.01. The van der Waals surface area contributed by atoms with E-state index in [-0.39, 0.29) is 0 Å². The first-order valence-electron chi connectivity index (χ1n) is 7.79. The largest absolute Gasteiger partial charge is 0.354 e. The van der Waals surface area contributed by atoms with Crippen molar-refractivity contribution in [3.05, 3.63) is 11.8 Å². The smallest absolute Gasteiger partial charge is 0.224 e. The molecule has 1 aliphatic heterocycles. The quantitative estimate of drug-likeness (QED) is 0.863. The maximum Gasteiger partial charge on any atom is 0.224 e. The molecule has 1 fully saturated rings. The van der Waals surface area contributed by atoms with Crippen molar-refractivity contribution in [2.24, 2.45) is 0 Å². The summed E-state index contributed by atoms with van der Waals surface area (Å²) in [5.74, 6) is 1.85. The van der Waals surface area contributed by atoms with Gasteiger partial charge < -0.3 is 10.2 Å². The van der Waals surface area contributed by atoms with Gasteiger partial charge in [0.05, 0.1) is 0 Å². The molecule has 1 aliphatic rings. The van der Waals surface area contributed by atoms with Gasteiger partial charge in [0.15, 0.2) is 0 Å². The third-order valence-electron chi connectivity index (χ3n) is 3.69. The van der Waals surface area contributed by atoms with Crippen molar-refractivity contribution in [2.45, 2.75) is 33.6 Å². The molecule has 2 heterocycles. The number of hydrogen-bond acceptors (Lipinski definition) is 5. The Labute approximate surface area is 122 Å². The summed E-state index contributed by atoms with van der Waals surface area (Å²) in [6.07, 6.45) is 4.25. The molecule has 1 aromatic rings. The lowest BCUT2D eigenvalue weighted by molar-refractivity contribution is 0.258. The summed E-state index contributed by atoms with van der Waals surface area (Å²) in [6.45, 7) is 13.0. The zero-order valence-electron chi connectivity index (χ0n) is 13.0. The van der Waals surface area contributed by atoms with Crippen LogP contribution in [0.2, 0.25) is 0 Å². The minimum absolute atomic E-state index is 0.753. The fraction of sp³-hybridized carbons (Fsp3) is 0.733. The molecule has 0 aromatic carbocycles. The molecule has 0 spiro atoms. The zero-order valence-corrected chi connectivity index (χ0v) is 13.0. The van der Waals surface area contributed by atoms with Crippen LogP contribution in [0.15, 0.2) is 6.20 Å². The van der Waals surface area contributed by atoms with Gasteiger partial charge in [0.2, 0.25) is 5.95 Å².